The van der Waals surface area contributed by atoms with Gasteiger partial charge in [-0.25, -0.2) is 4.98 Å². The molecule has 3 aromatic rings. The molecule has 2 fully saturated rings. The third-order valence-electron chi connectivity index (χ3n) is 10.7. The summed E-state index contributed by atoms with van der Waals surface area (Å²) in [4.78, 5) is 14.4. The number of aliphatic hydroxyl groups excluding tert-OH is 1. The molecule has 4 heterocycles. The van der Waals surface area contributed by atoms with E-state index in [-0.39, 0.29) is 6.10 Å². The van der Waals surface area contributed by atoms with Crippen LogP contribution in [0, 0.1) is 11.3 Å². The molecule has 2 aliphatic carbocycles. The number of aryl methyl sites for hydroxylation is 1. The molecule has 226 valence electrons. The van der Waals surface area contributed by atoms with Gasteiger partial charge in [0.2, 0.25) is 5.88 Å². The lowest BCUT2D eigenvalue weighted by molar-refractivity contribution is 0.0418. The summed E-state index contributed by atoms with van der Waals surface area (Å²) in [6.07, 6.45) is 7.13. The number of hydrogen-bond acceptors (Lipinski definition) is 10. The number of β-amino-alcohol motifs (C(OH)–C–C–N with tert-alkyl or cyclic N) is 1. The molecule has 43 heavy (non-hydrogen) atoms. The highest BCUT2D eigenvalue weighted by Crippen LogP contribution is 2.53. The third-order valence-corrected chi connectivity index (χ3v) is 10.7. The Morgan fingerprint density at radius 2 is 1.98 bits per heavy atom. The van der Waals surface area contributed by atoms with Crippen LogP contribution in [0.1, 0.15) is 87.3 Å². The van der Waals surface area contributed by atoms with Crippen molar-refractivity contribution in [2.45, 2.75) is 101 Å². The Labute approximate surface area is 252 Å². The number of anilines is 2. The number of nitrogens with zero attached hydrogens (tertiary/aromatic N) is 6. The number of nitriles is 1. The average molecular weight is 584 g/mol. The molecule has 0 saturated carbocycles. The van der Waals surface area contributed by atoms with Gasteiger partial charge in [0, 0.05) is 29.9 Å². The van der Waals surface area contributed by atoms with Crippen molar-refractivity contribution in [2.75, 3.05) is 30.8 Å². The maximum atomic E-state index is 10.5. The third kappa shape index (κ3) is 4.31. The zero-order chi connectivity index (χ0) is 30.1. The van der Waals surface area contributed by atoms with Crippen molar-refractivity contribution in [2.24, 2.45) is 0 Å². The van der Waals surface area contributed by atoms with Crippen LogP contribution in [0.25, 0.3) is 11.5 Å². The molecule has 1 spiro atoms. The number of likely N-dealkylation sites (tertiary alicyclic amines) is 1. The van der Waals surface area contributed by atoms with Gasteiger partial charge in [-0.1, -0.05) is 11.2 Å². The first-order valence-electron chi connectivity index (χ1n) is 15.7. The van der Waals surface area contributed by atoms with Gasteiger partial charge in [-0.15, -0.1) is 0 Å². The Hall–Kier alpha value is -3.68. The van der Waals surface area contributed by atoms with Gasteiger partial charge in [-0.3, -0.25) is 4.90 Å². The number of likely N-dealkylation sites (N-methyl/N-ethyl adjacent to an activating group) is 1. The number of hydrogen-bond donors (Lipinski definition) is 2. The van der Waals surface area contributed by atoms with Crippen LogP contribution in [-0.4, -0.2) is 69.1 Å². The summed E-state index contributed by atoms with van der Waals surface area (Å²) in [7, 11) is 2.14. The van der Waals surface area contributed by atoms with E-state index in [0.717, 1.165) is 74.8 Å². The number of aromatic nitrogens is 3. The Morgan fingerprint density at radius 3 is 2.67 bits per heavy atom. The van der Waals surface area contributed by atoms with Crippen molar-refractivity contribution in [1.82, 2.24) is 20.0 Å². The molecule has 3 N–H and O–H groups in total. The quantitative estimate of drug-likeness (QED) is 0.417. The molecule has 0 bridgehead atoms. The zero-order valence-corrected chi connectivity index (χ0v) is 25.6. The van der Waals surface area contributed by atoms with E-state index in [1.54, 1.807) is 0 Å². The van der Waals surface area contributed by atoms with Crippen LogP contribution in [0.5, 0.6) is 5.88 Å². The number of benzene rings is 1. The summed E-state index contributed by atoms with van der Waals surface area (Å²) in [5, 5.41) is 25.3. The van der Waals surface area contributed by atoms with E-state index >= 15 is 0 Å². The molecule has 4 atom stereocenters. The summed E-state index contributed by atoms with van der Waals surface area (Å²) in [6, 6.07) is 8.53. The number of aliphatic hydroxyl groups is 1. The number of nitrogen functional groups attached to an aromatic ring is 1. The normalized spacial score (nSPS) is 26.8. The smallest absolute Gasteiger partial charge is 0.219 e. The topological polar surface area (TPSA) is 138 Å². The molecular formula is C33H41N7O3. The summed E-state index contributed by atoms with van der Waals surface area (Å²) in [5.74, 6) is 2.47. The fraction of sp³-hybridized carbons (Fsp3) is 0.576. The van der Waals surface area contributed by atoms with Crippen LogP contribution in [0.3, 0.4) is 0 Å². The molecular weight excluding hydrogens is 542 g/mol. The van der Waals surface area contributed by atoms with Crippen LogP contribution < -0.4 is 15.4 Å². The van der Waals surface area contributed by atoms with Gasteiger partial charge in [-0.2, -0.15) is 10.2 Å². The van der Waals surface area contributed by atoms with Gasteiger partial charge in [0.15, 0.2) is 17.3 Å². The second-order valence-corrected chi connectivity index (χ2v) is 13.5. The summed E-state index contributed by atoms with van der Waals surface area (Å²) in [5.41, 5.74) is 10.3. The molecule has 4 unspecified atom stereocenters. The Kier molecular flexibility index (Phi) is 6.67. The minimum atomic E-state index is -0.465. The minimum absolute atomic E-state index is 0.0545. The molecule has 0 radical (unpaired) electrons. The largest absolute Gasteiger partial charge is 0.473 e. The lowest BCUT2D eigenvalue weighted by atomic mass is 9.61. The number of ether oxygens (including phenoxy) is 1. The van der Waals surface area contributed by atoms with E-state index in [2.05, 4.69) is 41.1 Å². The fourth-order valence-electron chi connectivity index (χ4n) is 8.10. The Bertz CT molecular complexity index is 1610. The minimum Gasteiger partial charge on any atom is -0.473 e. The standard InChI is InChI=1S/C33H41N7O3/c1-19(24-10-7-15-39(24)4)42-27-16-26(40-18-25(41)32(40,2)3)36-31(37-27)29-21-9-6-14-33(30(21)43-38-29)13-5-8-20-11-12-23(35)22(17-34)28(20)33/h11-12,16,19,24-25,41H,5-10,13-15,18,35H2,1-4H3. The van der Waals surface area contributed by atoms with Gasteiger partial charge < -0.3 is 25.0 Å². The molecule has 2 aromatic heterocycles. The van der Waals surface area contributed by atoms with Gasteiger partial charge in [0.1, 0.15) is 18.0 Å². The lowest BCUT2D eigenvalue weighted by Crippen LogP contribution is -2.68. The molecule has 2 aliphatic heterocycles. The monoisotopic (exact) mass is 583 g/mol. The van der Waals surface area contributed by atoms with Crippen molar-refractivity contribution in [3.63, 3.8) is 0 Å². The molecule has 7 rings (SSSR count). The molecule has 0 amide bonds. The number of nitrogens with two attached hydrogens (primary N) is 1. The molecule has 2 saturated heterocycles. The summed E-state index contributed by atoms with van der Waals surface area (Å²) >= 11 is 0. The predicted octanol–water partition coefficient (Wildman–Crippen LogP) is 4.37. The van der Waals surface area contributed by atoms with E-state index in [1.807, 2.05) is 26.0 Å². The van der Waals surface area contributed by atoms with Gasteiger partial charge >= 0.3 is 0 Å². The van der Waals surface area contributed by atoms with E-state index in [9.17, 15) is 10.4 Å². The first-order chi connectivity index (χ1) is 20.6. The van der Waals surface area contributed by atoms with Crippen molar-refractivity contribution < 1.29 is 14.4 Å². The number of rotatable bonds is 5. The maximum absolute atomic E-state index is 10.5. The zero-order valence-electron chi connectivity index (χ0n) is 25.6. The Balaban J connectivity index is 1.33. The van der Waals surface area contributed by atoms with E-state index in [1.165, 1.54) is 5.56 Å². The van der Waals surface area contributed by atoms with Crippen LogP contribution >= 0.6 is 0 Å². The summed E-state index contributed by atoms with van der Waals surface area (Å²) < 4.78 is 12.8. The summed E-state index contributed by atoms with van der Waals surface area (Å²) in [6.45, 7) is 7.68. The van der Waals surface area contributed by atoms with Gasteiger partial charge in [-0.05, 0) is 103 Å². The maximum Gasteiger partial charge on any atom is 0.219 e. The predicted molar refractivity (Wildman–Crippen MR) is 163 cm³/mol. The van der Waals surface area contributed by atoms with Crippen LogP contribution in [0.15, 0.2) is 22.7 Å². The second-order valence-electron chi connectivity index (χ2n) is 13.5. The lowest BCUT2D eigenvalue weighted by Gasteiger charge is -2.53. The van der Waals surface area contributed by atoms with Crippen LogP contribution in [0.4, 0.5) is 11.5 Å². The van der Waals surface area contributed by atoms with Crippen molar-refractivity contribution >= 4 is 11.5 Å². The molecule has 10 heteroatoms. The second kappa shape index (κ2) is 10.2. The molecule has 1 aromatic carbocycles. The highest BCUT2D eigenvalue weighted by molar-refractivity contribution is 5.68. The van der Waals surface area contributed by atoms with Gasteiger partial charge in [0.05, 0.1) is 22.6 Å². The van der Waals surface area contributed by atoms with Crippen molar-refractivity contribution in [1.29, 1.82) is 5.26 Å². The number of fused-ring (bicyclic) bond motifs is 4. The van der Waals surface area contributed by atoms with Crippen molar-refractivity contribution in [3.05, 3.63) is 46.2 Å². The van der Waals surface area contributed by atoms with E-state index in [4.69, 9.17) is 25.0 Å². The van der Waals surface area contributed by atoms with E-state index in [0.29, 0.717) is 47.1 Å². The SMILES string of the molecule is CC(Oc1cc(N2CC(O)C2(C)C)nc(-c2noc3c2CCCC32CCCc3ccc(N)c(C#N)c32)n1)C1CCCN1C. The highest BCUT2D eigenvalue weighted by atomic mass is 16.5. The van der Waals surface area contributed by atoms with Crippen LogP contribution in [0.2, 0.25) is 0 Å². The Morgan fingerprint density at radius 1 is 1.19 bits per heavy atom. The molecule has 10 nitrogen and oxygen atoms in total. The van der Waals surface area contributed by atoms with Crippen molar-refractivity contribution in [3.8, 4) is 23.5 Å². The van der Waals surface area contributed by atoms with Gasteiger partial charge in [0.25, 0.3) is 0 Å². The first kappa shape index (κ1) is 28.1. The fourth-order valence-corrected chi connectivity index (χ4v) is 8.10. The van der Waals surface area contributed by atoms with E-state index < -0.39 is 17.1 Å². The average Bonchev–Trinajstić information content (AvgIpc) is 3.63. The van der Waals surface area contributed by atoms with Crippen LogP contribution in [-0.2, 0) is 18.3 Å². The molecule has 4 aliphatic rings. The highest BCUT2D eigenvalue weighted by Gasteiger charge is 2.49. The first-order valence-corrected chi connectivity index (χ1v) is 15.7.